The molecule has 0 unspecified atom stereocenters. The lowest BCUT2D eigenvalue weighted by molar-refractivity contribution is 0.102. The first kappa shape index (κ1) is 14.2. The summed E-state index contributed by atoms with van der Waals surface area (Å²) in [5.41, 5.74) is 1.89. The van der Waals surface area contributed by atoms with Crippen LogP contribution in [0.3, 0.4) is 0 Å². The van der Waals surface area contributed by atoms with Crippen molar-refractivity contribution in [3.63, 3.8) is 0 Å². The fraction of sp³-hybridized carbons (Fsp3) is 0.235. The number of anilines is 1. The molecule has 3 aromatic rings. The van der Waals surface area contributed by atoms with Crippen molar-refractivity contribution in [2.24, 2.45) is 0 Å². The maximum absolute atomic E-state index is 12.4. The van der Waals surface area contributed by atoms with E-state index >= 15 is 0 Å². The van der Waals surface area contributed by atoms with E-state index in [1.165, 1.54) is 6.42 Å². The molecule has 1 aliphatic carbocycles. The molecule has 1 saturated carbocycles. The summed E-state index contributed by atoms with van der Waals surface area (Å²) < 4.78 is 1.73. The van der Waals surface area contributed by atoms with Gasteiger partial charge < -0.3 is 5.32 Å². The lowest BCUT2D eigenvalue weighted by Gasteiger charge is -2.21. The minimum atomic E-state index is -0.192. The predicted molar refractivity (Wildman–Crippen MR) is 89.0 cm³/mol. The Labute approximate surface area is 138 Å². The van der Waals surface area contributed by atoms with Gasteiger partial charge in [-0.3, -0.25) is 4.79 Å². The number of halogens is 1. The Morgan fingerprint density at radius 1 is 1.22 bits per heavy atom. The normalized spacial score (nSPS) is 14.7. The van der Waals surface area contributed by atoms with E-state index in [1.807, 2.05) is 18.3 Å². The number of nitrogens with zero attached hydrogens (tertiary/aromatic N) is 3. The topological polar surface area (TPSA) is 59.3 Å². The first-order valence-electron chi connectivity index (χ1n) is 7.63. The van der Waals surface area contributed by atoms with Gasteiger partial charge in [0, 0.05) is 22.7 Å². The largest absolute Gasteiger partial charge is 0.319 e. The molecule has 6 heteroatoms. The van der Waals surface area contributed by atoms with Crippen LogP contribution in [0, 0.1) is 0 Å². The van der Waals surface area contributed by atoms with Crippen LogP contribution in [-0.2, 0) is 0 Å². The summed E-state index contributed by atoms with van der Waals surface area (Å²) in [6, 6.07) is 10.5. The predicted octanol–water partition coefficient (Wildman–Crippen LogP) is 3.90. The average molecular weight is 327 g/mol. The number of amides is 1. The molecule has 0 atom stereocenters. The Morgan fingerprint density at radius 3 is 2.70 bits per heavy atom. The average Bonchev–Trinajstić information content (AvgIpc) is 2.90. The van der Waals surface area contributed by atoms with Crippen molar-refractivity contribution >= 4 is 28.8 Å². The Balaban J connectivity index is 1.64. The fourth-order valence-corrected chi connectivity index (χ4v) is 2.78. The van der Waals surface area contributed by atoms with Gasteiger partial charge in [0.2, 0.25) is 0 Å². The molecule has 23 heavy (non-hydrogen) atoms. The summed E-state index contributed by atoms with van der Waals surface area (Å²) in [4.78, 5) is 17.0. The van der Waals surface area contributed by atoms with Crippen LogP contribution in [-0.4, -0.2) is 20.5 Å². The molecule has 1 N–H and O–H groups in total. The van der Waals surface area contributed by atoms with E-state index in [0.29, 0.717) is 27.8 Å². The highest BCUT2D eigenvalue weighted by atomic mass is 35.5. The Hall–Kier alpha value is -2.40. The zero-order chi connectivity index (χ0) is 15.8. The monoisotopic (exact) mass is 326 g/mol. The molecule has 1 amide bonds. The van der Waals surface area contributed by atoms with E-state index in [-0.39, 0.29) is 5.91 Å². The lowest BCUT2D eigenvalue weighted by atomic mass is 9.85. The fourth-order valence-electron chi connectivity index (χ4n) is 2.66. The van der Waals surface area contributed by atoms with Crippen molar-refractivity contribution in [3.8, 4) is 0 Å². The second kappa shape index (κ2) is 5.66. The summed E-state index contributed by atoms with van der Waals surface area (Å²) in [5, 5.41) is 8.03. The maximum Gasteiger partial charge on any atom is 0.255 e. The Kier molecular flexibility index (Phi) is 3.50. The van der Waals surface area contributed by atoms with Crippen molar-refractivity contribution in [1.82, 2.24) is 14.6 Å². The second-order valence-electron chi connectivity index (χ2n) is 5.75. The molecular weight excluding hydrogens is 312 g/mol. The molecule has 116 valence electrons. The number of carbonyl (C=O) groups is 1. The van der Waals surface area contributed by atoms with E-state index in [2.05, 4.69) is 15.4 Å². The molecule has 0 bridgehead atoms. The van der Waals surface area contributed by atoms with Crippen molar-refractivity contribution in [3.05, 3.63) is 59.0 Å². The number of aromatic nitrogens is 3. The van der Waals surface area contributed by atoms with Gasteiger partial charge >= 0.3 is 0 Å². The minimum Gasteiger partial charge on any atom is -0.319 e. The van der Waals surface area contributed by atoms with Gasteiger partial charge in [0.05, 0.1) is 5.69 Å². The summed E-state index contributed by atoms with van der Waals surface area (Å²) in [6.45, 7) is 0. The van der Waals surface area contributed by atoms with Gasteiger partial charge in [0.25, 0.3) is 5.91 Å². The molecule has 2 heterocycles. The van der Waals surface area contributed by atoms with Crippen LogP contribution < -0.4 is 5.32 Å². The van der Waals surface area contributed by atoms with E-state index < -0.39 is 0 Å². The third-order valence-corrected chi connectivity index (χ3v) is 4.46. The van der Waals surface area contributed by atoms with Crippen LogP contribution in [0.25, 0.3) is 5.65 Å². The van der Waals surface area contributed by atoms with E-state index in [0.717, 1.165) is 18.7 Å². The summed E-state index contributed by atoms with van der Waals surface area (Å²) in [5.74, 6) is 1.13. The van der Waals surface area contributed by atoms with Crippen LogP contribution in [0.5, 0.6) is 0 Å². The van der Waals surface area contributed by atoms with Crippen LogP contribution in [0.4, 0.5) is 5.69 Å². The van der Waals surface area contributed by atoms with Gasteiger partial charge in [-0.25, -0.2) is 9.50 Å². The number of carbonyl (C=O) groups excluding carboxylic acids is 1. The van der Waals surface area contributed by atoms with Crippen LogP contribution in [0.1, 0.15) is 41.4 Å². The zero-order valence-electron chi connectivity index (χ0n) is 12.4. The van der Waals surface area contributed by atoms with Gasteiger partial charge in [-0.1, -0.05) is 18.0 Å². The summed E-state index contributed by atoms with van der Waals surface area (Å²) >= 11 is 5.85. The molecule has 0 spiro atoms. The minimum absolute atomic E-state index is 0.192. The first-order valence-corrected chi connectivity index (χ1v) is 8.01. The van der Waals surface area contributed by atoms with Gasteiger partial charge in [0.1, 0.15) is 0 Å². The van der Waals surface area contributed by atoms with Crippen molar-refractivity contribution in [2.45, 2.75) is 25.2 Å². The quantitative estimate of drug-likeness (QED) is 0.794. The number of nitrogens with one attached hydrogen (secondary N) is 1. The number of fused-ring (bicyclic) bond motifs is 1. The number of hydrogen-bond donors (Lipinski definition) is 1. The molecule has 0 saturated heterocycles. The molecule has 0 radical (unpaired) electrons. The molecular formula is C17H15ClN4O. The smallest absolute Gasteiger partial charge is 0.255 e. The van der Waals surface area contributed by atoms with E-state index in [4.69, 9.17) is 11.6 Å². The molecule has 4 rings (SSSR count). The van der Waals surface area contributed by atoms with Gasteiger partial charge in [0.15, 0.2) is 11.5 Å². The Bertz CT molecular complexity index is 868. The van der Waals surface area contributed by atoms with Crippen LogP contribution >= 0.6 is 11.6 Å². The van der Waals surface area contributed by atoms with Gasteiger partial charge in [-0.15, -0.1) is 0 Å². The van der Waals surface area contributed by atoms with Crippen molar-refractivity contribution < 1.29 is 4.79 Å². The highest BCUT2D eigenvalue weighted by Gasteiger charge is 2.24. The number of hydrogen-bond acceptors (Lipinski definition) is 3. The molecule has 5 nitrogen and oxygen atoms in total. The van der Waals surface area contributed by atoms with Crippen molar-refractivity contribution in [1.29, 1.82) is 0 Å². The summed E-state index contributed by atoms with van der Waals surface area (Å²) in [6.07, 6.45) is 5.37. The van der Waals surface area contributed by atoms with Gasteiger partial charge in [-0.05, 0) is 49.2 Å². The van der Waals surface area contributed by atoms with E-state index in [9.17, 15) is 4.79 Å². The molecule has 1 fully saturated rings. The standard InChI is InChI=1S/C17H15ClN4O/c18-13-8-6-12(7-9-13)17(23)19-14-5-2-10-22-16(14)20-15(21-22)11-3-1-4-11/h2,5-11H,1,3-4H2,(H,19,23). The third-order valence-electron chi connectivity index (χ3n) is 4.20. The maximum atomic E-state index is 12.4. The molecule has 2 aromatic heterocycles. The zero-order valence-corrected chi connectivity index (χ0v) is 13.1. The van der Waals surface area contributed by atoms with E-state index in [1.54, 1.807) is 28.8 Å². The number of pyridine rings is 1. The number of rotatable bonds is 3. The van der Waals surface area contributed by atoms with Crippen LogP contribution in [0.2, 0.25) is 5.02 Å². The molecule has 0 aliphatic heterocycles. The SMILES string of the molecule is O=C(Nc1cccn2nc(C3CCC3)nc12)c1ccc(Cl)cc1. The first-order chi connectivity index (χ1) is 11.2. The molecule has 1 aliphatic rings. The Morgan fingerprint density at radius 2 is 2.00 bits per heavy atom. The van der Waals surface area contributed by atoms with Gasteiger partial charge in [-0.2, -0.15) is 5.10 Å². The lowest BCUT2D eigenvalue weighted by Crippen LogP contribution is -2.12. The highest BCUT2D eigenvalue weighted by Crippen LogP contribution is 2.35. The number of benzene rings is 1. The second-order valence-corrected chi connectivity index (χ2v) is 6.19. The van der Waals surface area contributed by atoms with Crippen molar-refractivity contribution in [2.75, 3.05) is 5.32 Å². The molecule has 1 aromatic carbocycles. The summed E-state index contributed by atoms with van der Waals surface area (Å²) in [7, 11) is 0. The third kappa shape index (κ3) is 2.68. The van der Waals surface area contributed by atoms with Crippen LogP contribution in [0.15, 0.2) is 42.6 Å². The highest BCUT2D eigenvalue weighted by molar-refractivity contribution is 6.30.